The van der Waals surface area contributed by atoms with Crippen molar-refractivity contribution in [1.29, 1.82) is 0 Å². The van der Waals surface area contributed by atoms with Crippen LogP contribution < -0.4 is 0 Å². The summed E-state index contributed by atoms with van der Waals surface area (Å²) in [7, 11) is 0. The maximum absolute atomic E-state index is 13.1. The van der Waals surface area contributed by atoms with Crippen LogP contribution in [0, 0.1) is 3.70 Å². The molecule has 0 atom stereocenters. The zero-order valence-electron chi connectivity index (χ0n) is 9.55. The van der Waals surface area contributed by atoms with E-state index in [1.54, 1.807) is 6.07 Å². The van der Waals surface area contributed by atoms with Crippen LogP contribution >= 0.6 is 38.5 Å². The van der Waals surface area contributed by atoms with Crippen molar-refractivity contribution >= 4 is 55.2 Å². The van der Waals surface area contributed by atoms with Crippen LogP contribution in [0.15, 0.2) is 16.6 Å². The SMILES string of the molecule is CC(=O)Cn1nc(I)c2cc(Br)cc(C(F)(F)F)c21. The first kappa shape index (κ1) is 14.8. The van der Waals surface area contributed by atoms with E-state index in [9.17, 15) is 18.0 Å². The van der Waals surface area contributed by atoms with Gasteiger partial charge in [0.1, 0.15) is 3.70 Å². The molecule has 0 unspecified atom stereocenters. The van der Waals surface area contributed by atoms with Crippen molar-refractivity contribution in [1.82, 2.24) is 9.78 Å². The normalized spacial score (nSPS) is 12.1. The van der Waals surface area contributed by atoms with Gasteiger partial charge >= 0.3 is 6.18 Å². The van der Waals surface area contributed by atoms with E-state index in [4.69, 9.17) is 0 Å². The van der Waals surface area contributed by atoms with E-state index in [1.165, 1.54) is 6.92 Å². The van der Waals surface area contributed by atoms with Gasteiger partial charge in [0.15, 0.2) is 5.78 Å². The van der Waals surface area contributed by atoms with Crippen LogP contribution in [0.25, 0.3) is 10.9 Å². The van der Waals surface area contributed by atoms with Crippen molar-refractivity contribution in [3.63, 3.8) is 0 Å². The van der Waals surface area contributed by atoms with Crippen molar-refractivity contribution in [2.24, 2.45) is 0 Å². The molecular formula is C11H7BrF3IN2O. The maximum atomic E-state index is 13.1. The molecule has 2 aromatic rings. The van der Waals surface area contributed by atoms with Crippen LogP contribution in [0.4, 0.5) is 13.2 Å². The Labute approximate surface area is 128 Å². The molecule has 0 saturated carbocycles. The van der Waals surface area contributed by atoms with Crippen LogP contribution in [-0.4, -0.2) is 15.6 Å². The van der Waals surface area contributed by atoms with Crippen LogP contribution in [0.3, 0.4) is 0 Å². The second kappa shape index (κ2) is 5.04. The number of ketones is 1. The summed E-state index contributed by atoms with van der Waals surface area (Å²) >= 11 is 4.92. The summed E-state index contributed by atoms with van der Waals surface area (Å²) in [5.74, 6) is -0.253. The number of alkyl halides is 3. The molecule has 1 aromatic carbocycles. The van der Waals surface area contributed by atoms with Gasteiger partial charge in [-0.1, -0.05) is 15.9 Å². The van der Waals surface area contributed by atoms with E-state index >= 15 is 0 Å². The fourth-order valence-electron chi connectivity index (χ4n) is 1.79. The fraction of sp³-hybridized carbons (Fsp3) is 0.273. The van der Waals surface area contributed by atoms with Crippen molar-refractivity contribution in [2.75, 3.05) is 0 Å². The summed E-state index contributed by atoms with van der Waals surface area (Å²) in [6.45, 7) is 1.14. The molecule has 8 heteroatoms. The number of hydrogen-bond acceptors (Lipinski definition) is 2. The van der Waals surface area contributed by atoms with E-state index in [0.29, 0.717) is 13.6 Å². The monoisotopic (exact) mass is 446 g/mol. The molecule has 2 rings (SSSR count). The predicted molar refractivity (Wildman–Crippen MR) is 75.8 cm³/mol. The summed E-state index contributed by atoms with van der Waals surface area (Å²) in [6, 6.07) is 2.56. The highest BCUT2D eigenvalue weighted by Gasteiger charge is 2.35. The first-order valence-corrected chi connectivity index (χ1v) is 6.99. The smallest absolute Gasteiger partial charge is 0.298 e. The van der Waals surface area contributed by atoms with Gasteiger partial charge in [0.25, 0.3) is 0 Å². The van der Waals surface area contributed by atoms with Gasteiger partial charge in [-0.05, 0) is 41.6 Å². The summed E-state index contributed by atoms with van der Waals surface area (Å²) in [5.41, 5.74) is -0.858. The molecule has 0 spiro atoms. The Hall–Kier alpha value is -0.640. The number of aromatic nitrogens is 2. The number of Topliss-reactive ketones (excluding diaryl/α,β-unsaturated/α-hetero) is 1. The lowest BCUT2D eigenvalue weighted by Gasteiger charge is -2.11. The van der Waals surface area contributed by atoms with Crippen molar-refractivity contribution < 1.29 is 18.0 Å². The minimum absolute atomic E-state index is 0.0599. The molecule has 0 fully saturated rings. The second-order valence-corrected chi connectivity index (χ2v) is 5.94. The van der Waals surface area contributed by atoms with E-state index in [2.05, 4.69) is 21.0 Å². The molecule has 0 aliphatic heterocycles. The number of carbonyl (C=O) groups is 1. The molecule has 3 nitrogen and oxygen atoms in total. The Balaban J connectivity index is 2.83. The average Bonchev–Trinajstić information content (AvgIpc) is 2.52. The third kappa shape index (κ3) is 2.93. The van der Waals surface area contributed by atoms with Crippen LogP contribution in [0.5, 0.6) is 0 Å². The molecule has 0 saturated heterocycles. The summed E-state index contributed by atoms with van der Waals surface area (Å²) in [4.78, 5) is 11.1. The Morgan fingerprint density at radius 1 is 1.47 bits per heavy atom. The van der Waals surface area contributed by atoms with Gasteiger partial charge in [0.2, 0.25) is 0 Å². The minimum Gasteiger partial charge on any atom is -0.298 e. The average molecular weight is 447 g/mol. The van der Waals surface area contributed by atoms with Gasteiger partial charge < -0.3 is 0 Å². The Kier molecular flexibility index (Phi) is 3.92. The molecular weight excluding hydrogens is 440 g/mol. The van der Waals surface area contributed by atoms with E-state index in [1.807, 2.05) is 22.6 Å². The lowest BCUT2D eigenvalue weighted by Crippen LogP contribution is -2.12. The second-order valence-electron chi connectivity index (χ2n) is 4.00. The molecule has 0 bridgehead atoms. The number of rotatable bonds is 2. The van der Waals surface area contributed by atoms with Gasteiger partial charge in [0, 0.05) is 9.86 Å². The quantitative estimate of drug-likeness (QED) is 0.653. The lowest BCUT2D eigenvalue weighted by molar-refractivity contribution is -0.136. The highest BCUT2D eigenvalue weighted by Crippen LogP contribution is 2.38. The summed E-state index contributed by atoms with van der Waals surface area (Å²) in [5, 5.41) is 4.39. The van der Waals surface area contributed by atoms with Gasteiger partial charge in [-0.2, -0.15) is 18.3 Å². The molecule has 102 valence electrons. The van der Waals surface area contributed by atoms with Gasteiger partial charge in [0.05, 0.1) is 17.6 Å². The van der Waals surface area contributed by atoms with Crippen molar-refractivity contribution in [2.45, 2.75) is 19.6 Å². The molecule has 1 heterocycles. The predicted octanol–water partition coefficient (Wildman–Crippen LogP) is 4.01. The largest absolute Gasteiger partial charge is 0.418 e. The summed E-state index contributed by atoms with van der Waals surface area (Å²) in [6.07, 6.45) is -4.50. The summed E-state index contributed by atoms with van der Waals surface area (Å²) < 4.78 is 41.1. The maximum Gasteiger partial charge on any atom is 0.418 e. The zero-order chi connectivity index (χ0) is 14.4. The van der Waals surface area contributed by atoms with Crippen LogP contribution in [0.2, 0.25) is 0 Å². The van der Waals surface area contributed by atoms with E-state index in [0.717, 1.165) is 10.7 Å². The number of fused-ring (bicyclic) bond motifs is 1. The standard InChI is InChI=1S/C11H7BrF3IN2O/c1-5(19)4-18-9-7(10(16)17-18)2-6(12)3-8(9)11(13,14)15/h2-3H,4H2,1H3. The third-order valence-corrected chi connectivity index (χ3v) is 3.70. The van der Waals surface area contributed by atoms with Gasteiger partial charge in [-0.25, -0.2) is 0 Å². The molecule has 0 N–H and O–H groups in total. The van der Waals surface area contributed by atoms with Gasteiger partial charge in [-0.15, -0.1) is 0 Å². The van der Waals surface area contributed by atoms with E-state index in [-0.39, 0.29) is 17.8 Å². The Morgan fingerprint density at radius 2 is 2.11 bits per heavy atom. The molecule has 0 aliphatic carbocycles. The lowest BCUT2D eigenvalue weighted by atomic mass is 10.1. The van der Waals surface area contributed by atoms with Crippen molar-refractivity contribution in [3.05, 3.63) is 25.9 Å². The van der Waals surface area contributed by atoms with Gasteiger partial charge in [-0.3, -0.25) is 9.48 Å². The Morgan fingerprint density at radius 3 is 2.63 bits per heavy atom. The first-order chi connectivity index (χ1) is 8.70. The van der Waals surface area contributed by atoms with Crippen LogP contribution in [0.1, 0.15) is 12.5 Å². The molecule has 0 amide bonds. The zero-order valence-corrected chi connectivity index (χ0v) is 13.3. The fourth-order valence-corrected chi connectivity index (χ4v) is 2.92. The number of nitrogens with zero attached hydrogens (tertiary/aromatic N) is 2. The van der Waals surface area contributed by atoms with Crippen molar-refractivity contribution in [3.8, 4) is 0 Å². The topological polar surface area (TPSA) is 34.9 Å². The van der Waals surface area contributed by atoms with Crippen LogP contribution in [-0.2, 0) is 17.5 Å². The third-order valence-electron chi connectivity index (χ3n) is 2.44. The molecule has 1 aromatic heterocycles. The molecule has 0 aliphatic rings. The highest BCUT2D eigenvalue weighted by atomic mass is 127. The van der Waals surface area contributed by atoms with E-state index < -0.39 is 11.7 Å². The molecule has 0 radical (unpaired) electrons. The number of halogens is 5. The Bertz CT molecular complexity index is 666. The molecule has 19 heavy (non-hydrogen) atoms. The highest BCUT2D eigenvalue weighted by molar-refractivity contribution is 14.1. The number of carbonyl (C=O) groups excluding carboxylic acids is 1. The number of benzene rings is 1. The first-order valence-electron chi connectivity index (χ1n) is 5.12. The minimum atomic E-state index is -4.50. The number of hydrogen-bond donors (Lipinski definition) is 0.